The first-order chi connectivity index (χ1) is 15.1. The minimum atomic E-state index is -0.965. The number of hydrogen-bond donors (Lipinski definition) is 1. The monoisotopic (exact) mass is 450 g/mol. The Morgan fingerprint density at radius 2 is 2.10 bits per heavy atom. The van der Waals surface area contributed by atoms with E-state index in [9.17, 15) is 15.2 Å². The maximum atomic E-state index is 11.4. The number of carboxylic acid groups (broad SMARTS) is 1. The van der Waals surface area contributed by atoms with Crippen molar-refractivity contribution in [3.63, 3.8) is 0 Å². The third-order valence-electron chi connectivity index (χ3n) is 5.10. The quantitative estimate of drug-likeness (QED) is 0.506. The number of nitriles is 1. The second kappa shape index (κ2) is 10.7. The van der Waals surface area contributed by atoms with Crippen molar-refractivity contribution in [2.75, 3.05) is 11.4 Å². The maximum absolute atomic E-state index is 11.4. The Kier molecular flexibility index (Phi) is 7.96. The molecule has 0 spiro atoms. The molecule has 4 rings (SSSR count). The molecule has 2 atom stereocenters. The number of benzene rings is 2. The molecule has 2 unspecified atom stereocenters. The van der Waals surface area contributed by atoms with Gasteiger partial charge in [-0.25, -0.2) is 4.79 Å². The summed E-state index contributed by atoms with van der Waals surface area (Å²) in [6, 6.07) is 13.2. The highest BCUT2D eigenvalue weighted by Gasteiger charge is 2.25. The number of carboxylic acids is 1. The summed E-state index contributed by atoms with van der Waals surface area (Å²) < 4.78 is 0. The Labute approximate surface area is 190 Å². The predicted molar refractivity (Wildman–Crippen MR) is 132 cm³/mol. The van der Waals surface area contributed by atoms with Gasteiger partial charge in [0, 0.05) is 28.4 Å². The first-order valence-electron chi connectivity index (χ1n) is 10.5. The van der Waals surface area contributed by atoms with Crippen molar-refractivity contribution in [1.29, 1.82) is 5.26 Å². The lowest BCUT2D eigenvalue weighted by Gasteiger charge is -2.30. The standard InChI is InChI=1S/C23H21N2O2PS.C2H6/c1-15-14-25(19-8-3-2-4-9-19)21-11-18(13-24)20(12-22(21)29-28-15)16-6-5-7-17(10-16)23(26)27;1-2/h2-3,5-8,10-12,15,28H,4,9,14H2,1H3,(H,26,27);1-2H3. The zero-order valence-corrected chi connectivity index (χ0v) is 19.9. The molecule has 6 heteroatoms. The van der Waals surface area contributed by atoms with Gasteiger partial charge in [-0.15, -0.1) is 0 Å². The molecule has 1 N–H and O–H groups in total. The molecule has 0 saturated carbocycles. The van der Waals surface area contributed by atoms with Crippen LogP contribution < -0.4 is 4.90 Å². The number of fused-ring (bicyclic) bond motifs is 1. The lowest BCUT2D eigenvalue weighted by atomic mass is 9.97. The molecular weight excluding hydrogens is 423 g/mol. The number of anilines is 1. The van der Waals surface area contributed by atoms with Crippen LogP contribution in [0.25, 0.3) is 11.1 Å². The zero-order chi connectivity index (χ0) is 22.4. The second-order valence-corrected chi connectivity index (χ2v) is 10.4. The van der Waals surface area contributed by atoms with Gasteiger partial charge in [-0.2, -0.15) is 5.26 Å². The number of hydrogen-bond acceptors (Lipinski definition) is 4. The van der Waals surface area contributed by atoms with E-state index in [-0.39, 0.29) is 5.56 Å². The molecule has 0 fully saturated rings. The minimum Gasteiger partial charge on any atom is -0.478 e. The van der Waals surface area contributed by atoms with Crippen molar-refractivity contribution in [3.05, 3.63) is 71.5 Å². The minimum absolute atomic E-state index is 0.227. The molecule has 0 amide bonds. The van der Waals surface area contributed by atoms with Gasteiger partial charge in [0.05, 0.1) is 22.9 Å². The molecule has 1 aliphatic heterocycles. The smallest absolute Gasteiger partial charge is 0.335 e. The Balaban J connectivity index is 0.00000132. The van der Waals surface area contributed by atoms with Gasteiger partial charge in [0.2, 0.25) is 0 Å². The average molecular weight is 451 g/mol. The topological polar surface area (TPSA) is 64.3 Å². The zero-order valence-electron chi connectivity index (χ0n) is 18.1. The van der Waals surface area contributed by atoms with Crippen molar-refractivity contribution in [2.45, 2.75) is 44.2 Å². The fourth-order valence-electron chi connectivity index (χ4n) is 3.67. The highest BCUT2D eigenvalue weighted by atomic mass is 32.7. The number of allylic oxidation sites excluding steroid dienone is 4. The molecule has 1 aliphatic carbocycles. The van der Waals surface area contributed by atoms with Gasteiger partial charge in [0.15, 0.2) is 0 Å². The molecule has 2 aromatic carbocycles. The van der Waals surface area contributed by atoms with Crippen molar-refractivity contribution in [2.24, 2.45) is 0 Å². The summed E-state index contributed by atoms with van der Waals surface area (Å²) in [6.45, 7) is 7.21. The molecule has 0 aromatic heterocycles. The third kappa shape index (κ3) is 5.21. The highest BCUT2D eigenvalue weighted by Crippen LogP contribution is 2.51. The van der Waals surface area contributed by atoms with Crippen LogP contribution in [0.4, 0.5) is 5.69 Å². The van der Waals surface area contributed by atoms with Gasteiger partial charge in [-0.3, -0.25) is 0 Å². The van der Waals surface area contributed by atoms with Crippen molar-refractivity contribution >= 4 is 30.8 Å². The Bertz CT molecular complexity index is 1070. The summed E-state index contributed by atoms with van der Waals surface area (Å²) >= 11 is 1.84. The van der Waals surface area contributed by atoms with Gasteiger partial charge in [-0.1, -0.05) is 64.2 Å². The van der Waals surface area contributed by atoms with Crippen LogP contribution in [0.2, 0.25) is 0 Å². The van der Waals surface area contributed by atoms with E-state index >= 15 is 0 Å². The molecule has 0 saturated heterocycles. The SMILES string of the molecule is CC.CC1CN(C2=CC=CCC2)c2cc(C#N)c(-c3cccc(C(=O)O)c3)cc2SP1. The average Bonchev–Trinajstić information content (AvgIpc) is 2.98. The Hall–Kier alpha value is -2.54. The lowest BCUT2D eigenvalue weighted by Crippen LogP contribution is -2.28. The highest BCUT2D eigenvalue weighted by molar-refractivity contribution is 8.49. The summed E-state index contributed by atoms with van der Waals surface area (Å²) in [6.07, 6.45) is 8.50. The predicted octanol–water partition coefficient (Wildman–Crippen LogP) is 7.08. The molecule has 1 heterocycles. The summed E-state index contributed by atoms with van der Waals surface area (Å²) in [7, 11) is 0.734. The van der Waals surface area contributed by atoms with E-state index in [1.807, 2.05) is 37.4 Å². The van der Waals surface area contributed by atoms with Crippen LogP contribution in [0.3, 0.4) is 0 Å². The molecule has 2 aliphatic rings. The van der Waals surface area contributed by atoms with Crippen LogP contribution >= 0.6 is 19.2 Å². The lowest BCUT2D eigenvalue weighted by molar-refractivity contribution is 0.0697. The number of carbonyl (C=O) groups is 1. The molecule has 2 aromatic rings. The van der Waals surface area contributed by atoms with Gasteiger partial charge in [-0.05, 0) is 48.7 Å². The van der Waals surface area contributed by atoms with Crippen molar-refractivity contribution in [1.82, 2.24) is 0 Å². The van der Waals surface area contributed by atoms with Crippen molar-refractivity contribution < 1.29 is 9.90 Å². The van der Waals surface area contributed by atoms with Crippen LogP contribution in [-0.4, -0.2) is 23.3 Å². The summed E-state index contributed by atoms with van der Waals surface area (Å²) in [5, 5.41) is 19.2. The van der Waals surface area contributed by atoms with Gasteiger partial charge >= 0.3 is 5.97 Å². The number of nitrogens with zero attached hydrogens (tertiary/aromatic N) is 2. The second-order valence-electron chi connectivity index (χ2n) is 7.22. The van der Waals surface area contributed by atoms with E-state index in [4.69, 9.17) is 0 Å². The van der Waals surface area contributed by atoms with E-state index in [1.54, 1.807) is 18.2 Å². The van der Waals surface area contributed by atoms with Crippen LogP contribution in [-0.2, 0) is 0 Å². The van der Waals surface area contributed by atoms with Crippen LogP contribution in [0, 0.1) is 11.3 Å². The molecule has 160 valence electrons. The van der Waals surface area contributed by atoms with E-state index < -0.39 is 5.97 Å². The molecule has 0 bridgehead atoms. The van der Waals surface area contributed by atoms with Gasteiger partial charge in [0.25, 0.3) is 0 Å². The Morgan fingerprint density at radius 1 is 1.29 bits per heavy atom. The van der Waals surface area contributed by atoms with Crippen LogP contribution in [0.15, 0.2) is 65.2 Å². The van der Waals surface area contributed by atoms with Gasteiger partial charge < -0.3 is 10.0 Å². The first kappa shape index (κ1) is 23.1. The fraction of sp³-hybridized carbons (Fsp3) is 0.280. The first-order valence-corrected chi connectivity index (χ1v) is 13.2. The summed E-state index contributed by atoms with van der Waals surface area (Å²) in [5.41, 5.74) is 5.27. The number of rotatable bonds is 3. The Morgan fingerprint density at radius 3 is 2.77 bits per heavy atom. The summed E-state index contributed by atoms with van der Waals surface area (Å²) in [5.74, 6) is -0.965. The van der Waals surface area contributed by atoms with Crippen molar-refractivity contribution in [3.8, 4) is 17.2 Å². The maximum Gasteiger partial charge on any atom is 0.335 e. The molecule has 0 radical (unpaired) electrons. The largest absolute Gasteiger partial charge is 0.478 e. The third-order valence-corrected chi connectivity index (χ3v) is 8.57. The molecular formula is C25H27N2O2PS. The van der Waals surface area contributed by atoms with Crippen LogP contribution in [0.5, 0.6) is 0 Å². The normalized spacial score (nSPS) is 18.2. The number of aromatic carboxylic acids is 1. The summed E-state index contributed by atoms with van der Waals surface area (Å²) in [4.78, 5) is 14.9. The van der Waals surface area contributed by atoms with E-state index in [0.717, 1.165) is 48.9 Å². The van der Waals surface area contributed by atoms with E-state index in [0.29, 0.717) is 11.2 Å². The molecule has 4 nitrogen and oxygen atoms in total. The molecule has 31 heavy (non-hydrogen) atoms. The van der Waals surface area contributed by atoms with E-state index in [2.05, 4.69) is 42.2 Å². The fourth-order valence-corrected chi connectivity index (χ4v) is 6.41. The van der Waals surface area contributed by atoms with Gasteiger partial charge in [0.1, 0.15) is 0 Å². The van der Waals surface area contributed by atoms with Crippen LogP contribution in [0.1, 0.15) is 49.5 Å². The van der Waals surface area contributed by atoms with E-state index in [1.165, 1.54) is 5.70 Å².